The molecule has 6 heteroatoms. The van der Waals surface area contributed by atoms with Crippen molar-refractivity contribution in [2.24, 2.45) is 0 Å². The number of amides is 1. The number of nitrogens with one attached hydrogen (secondary N) is 1. The third kappa shape index (κ3) is 3.84. The molecule has 1 fully saturated rings. The smallest absolute Gasteiger partial charge is 0.277 e. The molecule has 0 bridgehead atoms. The molecule has 5 rings (SSSR count). The predicted molar refractivity (Wildman–Crippen MR) is 120 cm³/mol. The molecule has 2 atom stereocenters. The Balaban J connectivity index is 1.26. The fraction of sp³-hybridized carbons (Fsp3) is 0.348. The SMILES string of the molecule is O=C(C[NH+]1CCc2sccc2[C@@H]1c1cccs1)N1CCN(c2ccccc2)CC1. The molecule has 1 unspecified atom stereocenters. The molecule has 1 saturated heterocycles. The normalized spacial score (nSPS) is 21.8. The number of hydrogen-bond donors (Lipinski definition) is 1. The molecule has 2 aliphatic heterocycles. The van der Waals surface area contributed by atoms with Crippen LogP contribution in [0.2, 0.25) is 0 Å². The summed E-state index contributed by atoms with van der Waals surface area (Å²) in [4.78, 5) is 21.9. The van der Waals surface area contributed by atoms with Crippen molar-refractivity contribution in [2.75, 3.05) is 44.2 Å². The van der Waals surface area contributed by atoms with Crippen LogP contribution < -0.4 is 9.80 Å². The summed E-state index contributed by atoms with van der Waals surface area (Å²) in [6, 6.07) is 17.4. The summed E-state index contributed by atoms with van der Waals surface area (Å²) < 4.78 is 0. The second-order valence-electron chi connectivity index (χ2n) is 7.79. The third-order valence-electron chi connectivity index (χ3n) is 6.13. The standard InChI is InChI=1S/C23H25N3OS2/c27-22(25-13-11-24(12-14-25)18-5-2-1-3-6-18)17-26-10-8-20-19(9-16-29-20)23(26)21-7-4-15-28-21/h1-7,9,15-16,23H,8,10-14,17H2/p+1/t23-/m1/s1. The van der Waals surface area contributed by atoms with Crippen molar-refractivity contribution >= 4 is 34.3 Å². The Morgan fingerprint density at radius 2 is 1.79 bits per heavy atom. The van der Waals surface area contributed by atoms with Gasteiger partial charge in [-0.1, -0.05) is 24.3 Å². The predicted octanol–water partition coefficient (Wildman–Crippen LogP) is 2.69. The van der Waals surface area contributed by atoms with Crippen LogP contribution in [-0.2, 0) is 11.2 Å². The second-order valence-corrected chi connectivity index (χ2v) is 9.77. The van der Waals surface area contributed by atoms with Crippen molar-refractivity contribution in [3.8, 4) is 0 Å². The maximum atomic E-state index is 13.2. The van der Waals surface area contributed by atoms with E-state index in [9.17, 15) is 4.79 Å². The molecule has 29 heavy (non-hydrogen) atoms. The van der Waals surface area contributed by atoms with Gasteiger partial charge in [-0.05, 0) is 35.0 Å². The van der Waals surface area contributed by atoms with E-state index in [1.54, 1.807) is 0 Å². The molecule has 0 spiro atoms. The number of carbonyl (C=O) groups is 1. The highest BCUT2D eigenvalue weighted by molar-refractivity contribution is 7.10. The Labute approximate surface area is 180 Å². The van der Waals surface area contributed by atoms with Crippen LogP contribution in [0.25, 0.3) is 0 Å². The monoisotopic (exact) mass is 424 g/mol. The molecule has 4 nitrogen and oxygen atoms in total. The van der Waals surface area contributed by atoms with Crippen molar-refractivity contribution in [3.63, 3.8) is 0 Å². The van der Waals surface area contributed by atoms with Gasteiger partial charge in [0, 0.05) is 48.7 Å². The van der Waals surface area contributed by atoms with E-state index >= 15 is 0 Å². The van der Waals surface area contributed by atoms with Crippen LogP contribution >= 0.6 is 22.7 Å². The molecular formula is C23H26N3OS2+. The summed E-state index contributed by atoms with van der Waals surface area (Å²) in [5, 5.41) is 4.36. The largest absolute Gasteiger partial charge is 0.368 e. The molecule has 2 aliphatic rings. The molecule has 1 N–H and O–H groups in total. The number of rotatable bonds is 4. The number of piperazine rings is 1. The highest BCUT2D eigenvalue weighted by atomic mass is 32.1. The van der Waals surface area contributed by atoms with E-state index in [1.165, 1.54) is 25.9 Å². The van der Waals surface area contributed by atoms with Gasteiger partial charge in [-0.25, -0.2) is 0 Å². The van der Waals surface area contributed by atoms with Gasteiger partial charge < -0.3 is 14.7 Å². The van der Waals surface area contributed by atoms with Crippen LogP contribution in [0.5, 0.6) is 0 Å². The fourth-order valence-electron chi connectivity index (χ4n) is 4.61. The average Bonchev–Trinajstić information content (AvgIpc) is 3.46. The van der Waals surface area contributed by atoms with E-state index in [0.717, 1.165) is 39.1 Å². The first-order valence-electron chi connectivity index (χ1n) is 10.3. The minimum Gasteiger partial charge on any atom is -0.368 e. The fourth-order valence-corrected chi connectivity index (χ4v) is 6.43. The van der Waals surface area contributed by atoms with Crippen LogP contribution in [0.4, 0.5) is 5.69 Å². The van der Waals surface area contributed by atoms with Crippen molar-refractivity contribution in [1.82, 2.24) is 4.90 Å². The molecular weight excluding hydrogens is 398 g/mol. The van der Waals surface area contributed by atoms with E-state index in [4.69, 9.17) is 0 Å². The van der Waals surface area contributed by atoms with Crippen molar-refractivity contribution in [1.29, 1.82) is 0 Å². The zero-order chi connectivity index (χ0) is 19.6. The molecule has 2 aromatic heterocycles. The van der Waals surface area contributed by atoms with Gasteiger partial charge in [-0.3, -0.25) is 4.79 Å². The quantitative estimate of drug-likeness (QED) is 0.698. The van der Waals surface area contributed by atoms with Gasteiger partial charge in [-0.2, -0.15) is 0 Å². The zero-order valence-electron chi connectivity index (χ0n) is 16.4. The summed E-state index contributed by atoms with van der Waals surface area (Å²) in [5.41, 5.74) is 2.68. The van der Waals surface area contributed by atoms with Gasteiger partial charge in [-0.15, -0.1) is 22.7 Å². The minimum atomic E-state index is 0.299. The number of quaternary nitrogens is 1. The average molecular weight is 425 g/mol. The summed E-state index contributed by atoms with van der Waals surface area (Å²) in [7, 11) is 0. The van der Waals surface area contributed by atoms with Crippen LogP contribution in [0, 0.1) is 0 Å². The number of benzene rings is 1. The van der Waals surface area contributed by atoms with Crippen LogP contribution in [0.15, 0.2) is 59.3 Å². The summed E-state index contributed by atoms with van der Waals surface area (Å²) in [6.45, 7) is 5.07. The maximum absolute atomic E-state index is 13.2. The van der Waals surface area contributed by atoms with Gasteiger partial charge in [0.15, 0.2) is 6.54 Å². The third-order valence-corrected chi connectivity index (χ3v) is 8.07. The molecule has 4 heterocycles. The second kappa shape index (κ2) is 8.30. The topological polar surface area (TPSA) is 28.0 Å². The molecule has 1 aromatic carbocycles. The van der Waals surface area contributed by atoms with Crippen molar-refractivity contribution < 1.29 is 9.69 Å². The Morgan fingerprint density at radius 3 is 2.55 bits per heavy atom. The number of fused-ring (bicyclic) bond motifs is 1. The van der Waals surface area contributed by atoms with E-state index in [0.29, 0.717) is 18.5 Å². The lowest BCUT2D eigenvalue weighted by Gasteiger charge is -2.38. The lowest BCUT2D eigenvalue weighted by molar-refractivity contribution is -0.919. The van der Waals surface area contributed by atoms with Gasteiger partial charge in [0.05, 0.1) is 11.4 Å². The highest BCUT2D eigenvalue weighted by Gasteiger charge is 2.36. The molecule has 0 aliphatic carbocycles. The van der Waals surface area contributed by atoms with Crippen LogP contribution in [0.1, 0.15) is 21.4 Å². The molecule has 150 valence electrons. The van der Waals surface area contributed by atoms with Gasteiger partial charge in [0.2, 0.25) is 0 Å². The first-order chi connectivity index (χ1) is 14.3. The van der Waals surface area contributed by atoms with E-state index in [1.807, 2.05) is 28.7 Å². The number of thiophene rings is 2. The Hall–Kier alpha value is -2.15. The van der Waals surface area contributed by atoms with E-state index in [2.05, 4.69) is 63.0 Å². The van der Waals surface area contributed by atoms with Gasteiger partial charge >= 0.3 is 0 Å². The van der Waals surface area contributed by atoms with Gasteiger partial charge in [0.25, 0.3) is 5.91 Å². The Bertz CT molecular complexity index is 946. The number of carbonyl (C=O) groups excluding carboxylic acids is 1. The molecule has 0 saturated carbocycles. The van der Waals surface area contributed by atoms with Crippen molar-refractivity contribution in [2.45, 2.75) is 12.5 Å². The summed E-state index contributed by atoms with van der Waals surface area (Å²) in [6.07, 6.45) is 1.08. The first-order valence-corrected chi connectivity index (χ1v) is 12.1. The summed E-state index contributed by atoms with van der Waals surface area (Å²) in [5.74, 6) is 0.299. The Morgan fingerprint density at radius 1 is 0.966 bits per heavy atom. The lowest BCUT2D eigenvalue weighted by atomic mass is 9.98. The lowest BCUT2D eigenvalue weighted by Crippen LogP contribution is -3.14. The number of hydrogen-bond acceptors (Lipinski definition) is 4. The molecule has 1 amide bonds. The summed E-state index contributed by atoms with van der Waals surface area (Å²) >= 11 is 3.68. The van der Waals surface area contributed by atoms with Gasteiger partial charge in [0.1, 0.15) is 6.04 Å². The number of nitrogens with zero attached hydrogens (tertiary/aromatic N) is 2. The Kier molecular flexibility index (Phi) is 5.40. The number of anilines is 1. The first kappa shape index (κ1) is 18.9. The minimum absolute atomic E-state index is 0.299. The molecule has 3 aromatic rings. The van der Waals surface area contributed by atoms with Crippen LogP contribution in [0.3, 0.4) is 0 Å². The zero-order valence-corrected chi connectivity index (χ0v) is 18.1. The van der Waals surface area contributed by atoms with Crippen LogP contribution in [-0.4, -0.2) is 50.1 Å². The van der Waals surface area contributed by atoms with Crippen molar-refractivity contribution in [3.05, 3.63) is 74.6 Å². The van der Waals surface area contributed by atoms with E-state index in [-0.39, 0.29) is 0 Å². The maximum Gasteiger partial charge on any atom is 0.277 e. The number of para-hydroxylation sites is 1. The highest BCUT2D eigenvalue weighted by Crippen LogP contribution is 2.31. The molecule has 0 radical (unpaired) electrons. The van der Waals surface area contributed by atoms with E-state index < -0.39 is 0 Å².